The van der Waals surface area contributed by atoms with Gasteiger partial charge in [-0.3, -0.25) is 0 Å². The second-order valence-electron chi connectivity index (χ2n) is 8.39. The van der Waals surface area contributed by atoms with Crippen LogP contribution in [0.2, 0.25) is 0 Å². The van der Waals surface area contributed by atoms with E-state index in [1.807, 2.05) is 6.21 Å². The van der Waals surface area contributed by atoms with Crippen LogP contribution >= 0.6 is 0 Å². The van der Waals surface area contributed by atoms with Gasteiger partial charge >= 0.3 is 0 Å². The monoisotopic (exact) mass is 383 g/mol. The van der Waals surface area contributed by atoms with Gasteiger partial charge in [0.1, 0.15) is 5.82 Å². The highest BCUT2D eigenvalue weighted by atomic mass is 16.7. The number of aliphatic imine (C=N–C) groups is 1. The second kappa shape index (κ2) is 8.99. The lowest BCUT2D eigenvalue weighted by Crippen LogP contribution is -2.34. The van der Waals surface area contributed by atoms with Crippen LogP contribution in [0.15, 0.2) is 51.7 Å². The van der Waals surface area contributed by atoms with Crippen molar-refractivity contribution in [1.82, 2.24) is 10.2 Å². The molecule has 1 N–H and O–H groups in total. The summed E-state index contributed by atoms with van der Waals surface area (Å²) in [4.78, 5) is 7.19. The summed E-state index contributed by atoms with van der Waals surface area (Å²) >= 11 is 0. The van der Waals surface area contributed by atoms with Gasteiger partial charge in [-0.15, -0.1) is 0 Å². The van der Waals surface area contributed by atoms with Gasteiger partial charge in [-0.2, -0.15) is 0 Å². The van der Waals surface area contributed by atoms with Crippen molar-refractivity contribution in [2.24, 2.45) is 16.8 Å². The molecule has 0 spiro atoms. The Morgan fingerprint density at radius 1 is 1.29 bits per heavy atom. The molecule has 4 aliphatic rings. The Hall–Kier alpha value is -2.01. The van der Waals surface area contributed by atoms with Gasteiger partial charge < -0.3 is 19.7 Å². The maximum absolute atomic E-state index is 5.68. The number of allylic oxidation sites excluding steroid dienone is 3. The summed E-state index contributed by atoms with van der Waals surface area (Å²) in [6, 6.07) is 0. The largest absolute Gasteiger partial charge is 0.454 e. The molecule has 5 nitrogen and oxygen atoms in total. The quantitative estimate of drug-likeness (QED) is 0.749. The first-order valence-corrected chi connectivity index (χ1v) is 10.8. The molecular weight excluding hydrogens is 350 g/mol. The molecule has 0 radical (unpaired) electrons. The third-order valence-corrected chi connectivity index (χ3v) is 6.14. The van der Waals surface area contributed by atoms with Gasteiger partial charge in [-0.05, 0) is 61.3 Å². The first-order chi connectivity index (χ1) is 13.7. The summed E-state index contributed by atoms with van der Waals surface area (Å²) in [5.74, 6) is 4.36. The molecule has 28 heavy (non-hydrogen) atoms. The van der Waals surface area contributed by atoms with Crippen molar-refractivity contribution in [1.29, 1.82) is 0 Å². The molecule has 3 heterocycles. The highest BCUT2D eigenvalue weighted by molar-refractivity contribution is 5.74. The number of piperidine rings is 1. The first kappa shape index (κ1) is 19.3. The fourth-order valence-corrected chi connectivity index (χ4v) is 4.52. The Kier molecular flexibility index (Phi) is 6.20. The summed E-state index contributed by atoms with van der Waals surface area (Å²) in [7, 11) is 0. The molecule has 0 aromatic carbocycles. The van der Waals surface area contributed by atoms with Crippen LogP contribution in [-0.2, 0) is 9.47 Å². The molecule has 2 atom stereocenters. The van der Waals surface area contributed by atoms with Crippen molar-refractivity contribution >= 4 is 6.21 Å². The van der Waals surface area contributed by atoms with Crippen LogP contribution in [0.1, 0.15) is 46.0 Å². The van der Waals surface area contributed by atoms with Crippen LogP contribution in [0.25, 0.3) is 0 Å². The molecule has 0 aromatic heterocycles. The number of hydrogen-bond donors (Lipinski definition) is 1. The van der Waals surface area contributed by atoms with Gasteiger partial charge in [0.25, 0.3) is 0 Å². The molecule has 2 fully saturated rings. The van der Waals surface area contributed by atoms with Crippen LogP contribution in [0.5, 0.6) is 0 Å². The molecule has 1 aliphatic carbocycles. The molecule has 3 aliphatic heterocycles. The molecule has 2 saturated heterocycles. The zero-order valence-electron chi connectivity index (χ0n) is 17.2. The number of hydrogen-bond acceptors (Lipinski definition) is 5. The average Bonchev–Trinajstić information content (AvgIpc) is 3.05. The molecule has 0 aromatic rings. The van der Waals surface area contributed by atoms with Crippen molar-refractivity contribution in [3.05, 3.63) is 46.7 Å². The molecular formula is C23H33N3O2. The van der Waals surface area contributed by atoms with Crippen molar-refractivity contribution < 1.29 is 9.47 Å². The number of fused-ring (bicyclic) bond motifs is 1. The molecule has 2 unspecified atom stereocenters. The normalized spacial score (nSPS) is 27.4. The van der Waals surface area contributed by atoms with Crippen molar-refractivity contribution in [3.63, 3.8) is 0 Å². The summed E-state index contributed by atoms with van der Waals surface area (Å²) in [5.41, 5.74) is 2.69. The molecule has 5 heteroatoms. The average molecular weight is 384 g/mol. The number of nitrogens with one attached hydrogen (secondary N) is 1. The SMILES string of the molecule is CCC1CCCN(C2=CCC(CNCC3=C4OCOC4=CC(C)C3)=CC=N2)C1. The Morgan fingerprint density at radius 3 is 3.11 bits per heavy atom. The Morgan fingerprint density at radius 2 is 2.21 bits per heavy atom. The molecule has 0 saturated carbocycles. The highest BCUT2D eigenvalue weighted by Crippen LogP contribution is 2.33. The third-order valence-electron chi connectivity index (χ3n) is 6.14. The maximum atomic E-state index is 5.68. The van der Waals surface area contributed by atoms with Gasteiger partial charge in [0.15, 0.2) is 11.5 Å². The molecule has 4 rings (SSSR count). The minimum Gasteiger partial charge on any atom is -0.454 e. The molecule has 0 bridgehead atoms. The lowest BCUT2D eigenvalue weighted by atomic mass is 9.93. The minimum atomic E-state index is 0.349. The van der Waals surface area contributed by atoms with Crippen molar-refractivity contribution in [2.45, 2.75) is 46.0 Å². The Balaban J connectivity index is 1.30. The van der Waals surface area contributed by atoms with Crippen LogP contribution in [0.4, 0.5) is 0 Å². The number of nitrogens with zero attached hydrogens (tertiary/aromatic N) is 2. The van der Waals surface area contributed by atoms with E-state index in [2.05, 4.69) is 42.3 Å². The van der Waals surface area contributed by atoms with E-state index in [0.29, 0.717) is 12.7 Å². The fraction of sp³-hybridized carbons (Fsp3) is 0.609. The van der Waals surface area contributed by atoms with Crippen molar-refractivity contribution in [3.8, 4) is 0 Å². The lowest BCUT2D eigenvalue weighted by molar-refractivity contribution is 0.0971. The van der Waals surface area contributed by atoms with Gasteiger partial charge in [0.05, 0.1) is 0 Å². The predicted octanol–water partition coefficient (Wildman–Crippen LogP) is 4.12. The second-order valence-corrected chi connectivity index (χ2v) is 8.39. The third kappa shape index (κ3) is 4.52. The first-order valence-electron chi connectivity index (χ1n) is 10.8. The van der Waals surface area contributed by atoms with E-state index < -0.39 is 0 Å². The maximum Gasteiger partial charge on any atom is 0.231 e. The van der Waals surface area contributed by atoms with Crippen molar-refractivity contribution in [2.75, 3.05) is 33.0 Å². The minimum absolute atomic E-state index is 0.349. The van der Waals surface area contributed by atoms with Gasteiger partial charge in [0, 0.05) is 32.4 Å². The number of ether oxygens (including phenoxy) is 2. The lowest BCUT2D eigenvalue weighted by Gasteiger charge is -2.33. The smallest absolute Gasteiger partial charge is 0.231 e. The van der Waals surface area contributed by atoms with Crippen LogP contribution in [0.3, 0.4) is 0 Å². The van der Waals surface area contributed by atoms with Crippen LogP contribution in [0, 0.1) is 11.8 Å². The molecule has 0 amide bonds. The van der Waals surface area contributed by atoms with E-state index in [4.69, 9.17) is 14.5 Å². The Bertz CT molecular complexity index is 732. The van der Waals surface area contributed by atoms with E-state index in [1.54, 1.807) is 0 Å². The zero-order valence-corrected chi connectivity index (χ0v) is 17.2. The van der Waals surface area contributed by atoms with Gasteiger partial charge in [-0.25, -0.2) is 4.99 Å². The van der Waals surface area contributed by atoms with Crippen LogP contribution < -0.4 is 5.32 Å². The van der Waals surface area contributed by atoms with E-state index in [1.165, 1.54) is 30.4 Å². The van der Waals surface area contributed by atoms with E-state index in [0.717, 1.165) is 62.3 Å². The number of rotatable bonds is 6. The Labute approximate surface area is 168 Å². The summed E-state index contributed by atoms with van der Waals surface area (Å²) < 4.78 is 11.2. The van der Waals surface area contributed by atoms with Crippen LogP contribution in [-0.4, -0.2) is 44.1 Å². The summed E-state index contributed by atoms with van der Waals surface area (Å²) in [6.07, 6.45) is 14.5. The summed E-state index contributed by atoms with van der Waals surface area (Å²) in [5, 5.41) is 3.60. The summed E-state index contributed by atoms with van der Waals surface area (Å²) in [6.45, 7) is 8.89. The van der Waals surface area contributed by atoms with Gasteiger partial charge in [0.2, 0.25) is 6.79 Å². The standard InChI is InChI=1S/C23H33N3O2/c1-3-18-5-4-10-26(15-18)22-7-6-19(8-9-25-22)13-24-14-20-11-17(2)12-21-23(20)28-16-27-21/h7-9,12,17-18,24H,3-6,10-11,13-16H2,1-2H3. The number of likely N-dealkylation sites (tertiary alicyclic amines) is 1. The predicted molar refractivity (Wildman–Crippen MR) is 113 cm³/mol. The topological polar surface area (TPSA) is 46.1 Å². The zero-order chi connectivity index (χ0) is 19.3. The van der Waals surface area contributed by atoms with Gasteiger partial charge in [-0.1, -0.05) is 25.8 Å². The van der Waals surface area contributed by atoms with E-state index >= 15 is 0 Å². The van der Waals surface area contributed by atoms with E-state index in [9.17, 15) is 0 Å². The fourth-order valence-electron chi connectivity index (χ4n) is 4.52. The van der Waals surface area contributed by atoms with E-state index in [-0.39, 0.29) is 0 Å². The highest BCUT2D eigenvalue weighted by Gasteiger charge is 2.27. The molecule has 152 valence electrons.